The molecule has 2 aromatic rings. The van der Waals surface area contributed by atoms with Crippen LogP contribution in [0.25, 0.3) is 0 Å². The molecule has 1 N–H and O–H groups in total. The van der Waals surface area contributed by atoms with Crippen LogP contribution in [0.2, 0.25) is 0 Å². The molecule has 3 rings (SSSR count). The highest BCUT2D eigenvalue weighted by Gasteiger charge is 2.28. The first-order chi connectivity index (χ1) is 8.22. The van der Waals surface area contributed by atoms with E-state index in [9.17, 15) is 9.18 Å². The average Bonchev–Trinajstić information content (AvgIpc) is 2.78. The van der Waals surface area contributed by atoms with Gasteiger partial charge in [-0.05, 0) is 23.6 Å². The Bertz CT molecular complexity index is 616. The van der Waals surface area contributed by atoms with Crippen LogP contribution in [0.5, 0.6) is 0 Å². The Labute approximate surface area is 97.7 Å². The fourth-order valence-electron chi connectivity index (χ4n) is 2.42. The standard InChI is InChI=1S/C13H11FN2O/c1-2-8-10(14)4-3-7-5-11-9(6-15-16-11)13(17)12(7)8/h3-4,6H,2,5H2,1H3,(H,15,16). The number of halogens is 1. The summed E-state index contributed by atoms with van der Waals surface area (Å²) in [5.41, 5.74) is 3.31. The van der Waals surface area contributed by atoms with Crippen LogP contribution in [0, 0.1) is 5.82 Å². The van der Waals surface area contributed by atoms with E-state index in [4.69, 9.17) is 0 Å². The van der Waals surface area contributed by atoms with Gasteiger partial charge in [0.2, 0.25) is 0 Å². The Morgan fingerprint density at radius 2 is 2.29 bits per heavy atom. The summed E-state index contributed by atoms with van der Waals surface area (Å²) in [5, 5.41) is 6.69. The molecular formula is C13H11FN2O. The second kappa shape index (κ2) is 3.52. The molecule has 1 aliphatic rings. The Hall–Kier alpha value is -1.97. The Morgan fingerprint density at radius 1 is 1.47 bits per heavy atom. The monoisotopic (exact) mass is 230 g/mol. The maximum Gasteiger partial charge on any atom is 0.197 e. The highest BCUT2D eigenvalue weighted by molar-refractivity contribution is 6.12. The van der Waals surface area contributed by atoms with Crippen molar-refractivity contribution < 1.29 is 9.18 Å². The minimum absolute atomic E-state index is 0.119. The minimum Gasteiger partial charge on any atom is -0.288 e. The van der Waals surface area contributed by atoms with Gasteiger partial charge in [0.05, 0.1) is 17.5 Å². The molecule has 0 radical (unpaired) electrons. The van der Waals surface area contributed by atoms with Gasteiger partial charge in [-0.15, -0.1) is 0 Å². The third-order valence-electron chi connectivity index (χ3n) is 3.25. The lowest BCUT2D eigenvalue weighted by molar-refractivity contribution is 0.103. The minimum atomic E-state index is -0.299. The van der Waals surface area contributed by atoms with Crippen molar-refractivity contribution in [3.63, 3.8) is 0 Å². The number of H-pyrrole nitrogens is 1. The van der Waals surface area contributed by atoms with Crippen molar-refractivity contribution in [1.82, 2.24) is 10.2 Å². The largest absolute Gasteiger partial charge is 0.288 e. The molecule has 0 fully saturated rings. The molecule has 0 saturated carbocycles. The average molecular weight is 230 g/mol. The lowest BCUT2D eigenvalue weighted by Gasteiger charge is -2.18. The van der Waals surface area contributed by atoms with Crippen molar-refractivity contribution >= 4 is 5.78 Å². The first-order valence-corrected chi connectivity index (χ1v) is 5.59. The topological polar surface area (TPSA) is 45.8 Å². The molecule has 4 heteroatoms. The van der Waals surface area contributed by atoms with Crippen LogP contribution in [0.4, 0.5) is 4.39 Å². The van der Waals surface area contributed by atoms with Crippen LogP contribution in [0.1, 0.15) is 39.7 Å². The van der Waals surface area contributed by atoms with E-state index >= 15 is 0 Å². The number of hydrogen-bond donors (Lipinski definition) is 1. The molecule has 0 saturated heterocycles. The van der Waals surface area contributed by atoms with Crippen LogP contribution < -0.4 is 0 Å². The van der Waals surface area contributed by atoms with Gasteiger partial charge in [0.1, 0.15) is 5.82 Å². The zero-order valence-electron chi connectivity index (χ0n) is 9.38. The zero-order valence-corrected chi connectivity index (χ0v) is 9.38. The highest BCUT2D eigenvalue weighted by atomic mass is 19.1. The van der Waals surface area contributed by atoms with Crippen LogP contribution >= 0.6 is 0 Å². The molecule has 1 heterocycles. The van der Waals surface area contributed by atoms with Crippen LogP contribution in [-0.2, 0) is 12.8 Å². The predicted octanol–water partition coefficient (Wildman–Crippen LogP) is 2.25. The van der Waals surface area contributed by atoms with Crippen molar-refractivity contribution in [2.45, 2.75) is 19.8 Å². The summed E-state index contributed by atoms with van der Waals surface area (Å²) in [6.45, 7) is 1.86. The molecule has 0 amide bonds. The van der Waals surface area contributed by atoms with Gasteiger partial charge >= 0.3 is 0 Å². The quantitative estimate of drug-likeness (QED) is 0.696. The number of carbonyl (C=O) groups excluding carboxylic acids is 1. The van der Waals surface area contributed by atoms with Gasteiger partial charge in [-0.25, -0.2) is 4.39 Å². The predicted molar refractivity (Wildman–Crippen MR) is 60.6 cm³/mol. The van der Waals surface area contributed by atoms with Gasteiger partial charge in [-0.3, -0.25) is 9.89 Å². The fraction of sp³-hybridized carbons (Fsp3) is 0.231. The molecule has 1 aromatic heterocycles. The molecule has 0 bridgehead atoms. The van der Waals surface area contributed by atoms with Crippen LogP contribution in [-0.4, -0.2) is 16.0 Å². The second-order valence-corrected chi connectivity index (χ2v) is 4.18. The first-order valence-electron chi connectivity index (χ1n) is 5.59. The Morgan fingerprint density at radius 3 is 3.06 bits per heavy atom. The summed E-state index contributed by atoms with van der Waals surface area (Å²) in [6.07, 6.45) is 2.66. The number of rotatable bonds is 1. The third kappa shape index (κ3) is 1.33. The molecule has 0 aliphatic heterocycles. The maximum atomic E-state index is 13.7. The molecule has 1 aliphatic carbocycles. The number of benzene rings is 1. The van der Waals surface area contributed by atoms with Gasteiger partial charge in [-0.1, -0.05) is 13.0 Å². The number of ketones is 1. The van der Waals surface area contributed by atoms with E-state index < -0.39 is 0 Å². The van der Waals surface area contributed by atoms with E-state index in [0.29, 0.717) is 29.5 Å². The van der Waals surface area contributed by atoms with Crippen LogP contribution in [0.15, 0.2) is 18.3 Å². The molecule has 86 valence electrons. The normalized spacial score (nSPS) is 13.4. The number of aromatic nitrogens is 2. The molecule has 3 nitrogen and oxygen atoms in total. The first kappa shape index (κ1) is 10.2. The van der Waals surface area contributed by atoms with E-state index in [1.807, 2.05) is 6.92 Å². The number of nitrogens with zero attached hydrogens (tertiary/aromatic N) is 1. The Balaban J connectivity index is 2.27. The van der Waals surface area contributed by atoms with E-state index in [-0.39, 0.29) is 11.6 Å². The Kier molecular flexibility index (Phi) is 2.11. The maximum absolute atomic E-state index is 13.7. The van der Waals surface area contributed by atoms with Crippen molar-refractivity contribution in [2.75, 3.05) is 0 Å². The summed E-state index contributed by atoms with van der Waals surface area (Å²) in [6, 6.07) is 3.12. The third-order valence-corrected chi connectivity index (χ3v) is 3.25. The van der Waals surface area contributed by atoms with E-state index in [1.54, 1.807) is 6.07 Å². The summed E-state index contributed by atoms with van der Waals surface area (Å²) in [7, 11) is 0. The lowest BCUT2D eigenvalue weighted by atomic mass is 9.85. The summed E-state index contributed by atoms with van der Waals surface area (Å²) in [5.74, 6) is -0.419. The number of carbonyl (C=O) groups is 1. The van der Waals surface area contributed by atoms with Crippen LogP contribution in [0.3, 0.4) is 0 Å². The fourth-order valence-corrected chi connectivity index (χ4v) is 2.42. The van der Waals surface area contributed by atoms with Gasteiger partial charge in [-0.2, -0.15) is 5.10 Å². The van der Waals surface area contributed by atoms with Crippen molar-refractivity contribution in [1.29, 1.82) is 0 Å². The molecule has 0 unspecified atom stereocenters. The molecule has 0 spiro atoms. The van der Waals surface area contributed by atoms with E-state index in [0.717, 1.165) is 11.3 Å². The zero-order chi connectivity index (χ0) is 12.0. The number of fused-ring (bicyclic) bond motifs is 2. The smallest absolute Gasteiger partial charge is 0.197 e. The number of nitrogens with one attached hydrogen (secondary N) is 1. The van der Waals surface area contributed by atoms with Gasteiger partial charge in [0.15, 0.2) is 5.78 Å². The van der Waals surface area contributed by atoms with Crippen molar-refractivity contribution in [3.05, 3.63) is 52.1 Å². The molecular weight excluding hydrogens is 219 g/mol. The van der Waals surface area contributed by atoms with Crippen molar-refractivity contribution in [2.24, 2.45) is 0 Å². The lowest BCUT2D eigenvalue weighted by Crippen LogP contribution is -2.17. The van der Waals surface area contributed by atoms with Gasteiger partial charge in [0.25, 0.3) is 0 Å². The number of hydrogen-bond acceptors (Lipinski definition) is 2. The van der Waals surface area contributed by atoms with E-state index in [1.165, 1.54) is 12.3 Å². The number of aromatic amines is 1. The summed E-state index contributed by atoms with van der Waals surface area (Å²) < 4.78 is 13.7. The molecule has 0 atom stereocenters. The van der Waals surface area contributed by atoms with E-state index in [2.05, 4.69) is 10.2 Å². The second-order valence-electron chi connectivity index (χ2n) is 4.18. The van der Waals surface area contributed by atoms with Gasteiger partial charge in [0, 0.05) is 12.0 Å². The molecule has 17 heavy (non-hydrogen) atoms. The summed E-state index contributed by atoms with van der Waals surface area (Å²) >= 11 is 0. The molecule has 1 aromatic carbocycles. The van der Waals surface area contributed by atoms with Crippen molar-refractivity contribution in [3.8, 4) is 0 Å². The van der Waals surface area contributed by atoms with Gasteiger partial charge < -0.3 is 0 Å². The highest BCUT2D eigenvalue weighted by Crippen LogP contribution is 2.29. The summed E-state index contributed by atoms with van der Waals surface area (Å²) in [4.78, 5) is 12.3. The SMILES string of the molecule is CCc1c(F)ccc2c1C(=O)c1cn[nH]c1C2.